The third kappa shape index (κ3) is 4.39. The van der Waals surface area contributed by atoms with Gasteiger partial charge in [0.2, 0.25) is 0 Å². The van der Waals surface area contributed by atoms with Crippen LogP contribution in [0.5, 0.6) is 0 Å². The second-order valence-electron chi connectivity index (χ2n) is 6.60. The Balaban J connectivity index is 2.15. The first-order valence-corrected chi connectivity index (χ1v) is 8.77. The Morgan fingerprint density at radius 1 is 1.42 bits per heavy atom. The van der Waals surface area contributed by atoms with E-state index in [0.29, 0.717) is 6.42 Å². The predicted molar refractivity (Wildman–Crippen MR) is 90.5 cm³/mol. The summed E-state index contributed by atoms with van der Waals surface area (Å²) in [5.74, 6) is -0.577. The van der Waals surface area contributed by atoms with E-state index >= 15 is 4.39 Å². The number of hydrogen-bond donors (Lipinski definition) is 2. The lowest BCUT2D eigenvalue weighted by molar-refractivity contribution is -0.158. The third-order valence-electron chi connectivity index (χ3n) is 4.46. The van der Waals surface area contributed by atoms with Crippen molar-refractivity contribution >= 4 is 5.97 Å². The van der Waals surface area contributed by atoms with Crippen molar-refractivity contribution in [1.29, 1.82) is 0 Å². The van der Waals surface area contributed by atoms with Crippen molar-refractivity contribution in [1.82, 2.24) is 9.55 Å². The van der Waals surface area contributed by atoms with E-state index in [1.165, 1.54) is 0 Å². The number of aliphatic hydroxyl groups is 1. The van der Waals surface area contributed by atoms with Crippen LogP contribution in [0.25, 0.3) is 0 Å². The molecular formula is C17H25FN2O6. The Labute approximate surface area is 149 Å². The van der Waals surface area contributed by atoms with Crippen molar-refractivity contribution in [2.75, 3.05) is 6.61 Å². The Hall–Kier alpha value is -2.00. The van der Waals surface area contributed by atoms with Gasteiger partial charge in [-0.2, -0.15) is 0 Å². The Morgan fingerprint density at radius 3 is 2.77 bits per heavy atom. The van der Waals surface area contributed by atoms with Gasteiger partial charge in [0, 0.05) is 18.7 Å². The molecule has 1 aliphatic heterocycles. The van der Waals surface area contributed by atoms with Gasteiger partial charge in [-0.1, -0.05) is 26.2 Å². The van der Waals surface area contributed by atoms with Crippen LogP contribution < -0.4 is 11.2 Å². The van der Waals surface area contributed by atoms with Gasteiger partial charge in [-0.3, -0.25) is 19.1 Å². The molecule has 0 aliphatic carbocycles. The highest BCUT2D eigenvalue weighted by atomic mass is 19.1. The van der Waals surface area contributed by atoms with E-state index in [9.17, 15) is 19.5 Å². The number of carbonyl (C=O) groups is 1. The Kier molecular flexibility index (Phi) is 6.71. The molecule has 0 amide bonds. The number of unbranched alkanes of at least 4 members (excludes halogenated alkanes) is 3. The van der Waals surface area contributed by atoms with E-state index in [0.717, 1.165) is 43.0 Å². The molecule has 2 rings (SSSR count). The molecule has 26 heavy (non-hydrogen) atoms. The molecule has 0 spiro atoms. The van der Waals surface area contributed by atoms with Crippen molar-refractivity contribution in [3.8, 4) is 0 Å². The first-order valence-electron chi connectivity index (χ1n) is 8.77. The number of alkyl halides is 1. The summed E-state index contributed by atoms with van der Waals surface area (Å²) in [5, 5.41) is 9.48. The number of esters is 1. The molecule has 0 bridgehead atoms. The standard InChI is InChI=1S/C17H25FN2O6/c1-3-4-5-6-7-13(23)26-14-11(10-21)25-15(17(14,2)18)20-9-8-12(22)19-16(20)24/h8-9,11,14-15,21H,3-7,10H2,1-2H3,(H,19,22,24)/t11-,14-,15-,17-/m1/s1. The van der Waals surface area contributed by atoms with Crippen LogP contribution in [0.1, 0.15) is 52.2 Å². The minimum absolute atomic E-state index is 0.147. The van der Waals surface area contributed by atoms with E-state index in [-0.39, 0.29) is 6.42 Å². The number of aromatic nitrogens is 2. The summed E-state index contributed by atoms with van der Waals surface area (Å²) < 4.78 is 26.9. The van der Waals surface area contributed by atoms with Crippen LogP contribution in [0.4, 0.5) is 4.39 Å². The maximum Gasteiger partial charge on any atom is 0.330 e. The monoisotopic (exact) mass is 372 g/mol. The summed E-state index contributed by atoms with van der Waals surface area (Å²) in [6, 6.07) is 1.06. The van der Waals surface area contributed by atoms with Gasteiger partial charge in [0.15, 0.2) is 18.0 Å². The SMILES string of the molecule is CCCCCCC(=O)O[C@@H]1[C@@H](CO)O[C@@H](n2ccc(=O)[nH]c2=O)[C@]1(C)F. The van der Waals surface area contributed by atoms with Crippen molar-refractivity contribution in [3.05, 3.63) is 33.1 Å². The summed E-state index contributed by atoms with van der Waals surface area (Å²) >= 11 is 0. The molecule has 1 fully saturated rings. The average Bonchev–Trinajstić information content (AvgIpc) is 2.83. The van der Waals surface area contributed by atoms with E-state index in [1.54, 1.807) is 0 Å². The number of nitrogens with one attached hydrogen (secondary N) is 1. The molecule has 1 aliphatic rings. The number of halogens is 1. The lowest BCUT2D eigenvalue weighted by Crippen LogP contribution is -2.46. The van der Waals surface area contributed by atoms with Crippen molar-refractivity contribution < 1.29 is 23.8 Å². The van der Waals surface area contributed by atoms with Crippen LogP contribution in [-0.4, -0.2) is 45.1 Å². The highest BCUT2D eigenvalue weighted by Crippen LogP contribution is 2.42. The number of aliphatic hydroxyl groups excluding tert-OH is 1. The lowest BCUT2D eigenvalue weighted by Gasteiger charge is -2.27. The van der Waals surface area contributed by atoms with Crippen LogP contribution in [0.3, 0.4) is 0 Å². The van der Waals surface area contributed by atoms with E-state index < -0.39 is 47.9 Å². The van der Waals surface area contributed by atoms with E-state index in [2.05, 4.69) is 0 Å². The fourth-order valence-corrected chi connectivity index (χ4v) is 3.05. The van der Waals surface area contributed by atoms with Gasteiger partial charge in [-0.15, -0.1) is 0 Å². The number of rotatable bonds is 8. The molecule has 0 aromatic carbocycles. The molecule has 8 nitrogen and oxygen atoms in total. The van der Waals surface area contributed by atoms with Gasteiger partial charge in [-0.05, 0) is 13.3 Å². The average molecular weight is 372 g/mol. The molecule has 1 aromatic heterocycles. The summed E-state index contributed by atoms with van der Waals surface area (Å²) in [6.07, 6.45) is 0.855. The fourth-order valence-electron chi connectivity index (χ4n) is 3.05. The smallest absolute Gasteiger partial charge is 0.330 e. The van der Waals surface area contributed by atoms with Gasteiger partial charge in [0.05, 0.1) is 6.61 Å². The van der Waals surface area contributed by atoms with Gasteiger partial charge in [0.25, 0.3) is 5.56 Å². The number of hydrogen-bond acceptors (Lipinski definition) is 6. The van der Waals surface area contributed by atoms with Crippen molar-refractivity contribution in [2.24, 2.45) is 0 Å². The van der Waals surface area contributed by atoms with Gasteiger partial charge < -0.3 is 14.6 Å². The minimum atomic E-state index is -2.27. The zero-order valence-electron chi connectivity index (χ0n) is 14.9. The number of ether oxygens (including phenoxy) is 2. The van der Waals surface area contributed by atoms with Crippen LogP contribution in [0, 0.1) is 0 Å². The third-order valence-corrected chi connectivity index (χ3v) is 4.46. The summed E-state index contributed by atoms with van der Waals surface area (Å²) in [6.45, 7) is 2.61. The molecule has 9 heteroatoms. The summed E-state index contributed by atoms with van der Waals surface area (Å²) in [7, 11) is 0. The molecule has 4 atom stereocenters. The summed E-state index contributed by atoms with van der Waals surface area (Å²) in [4.78, 5) is 37.2. The van der Waals surface area contributed by atoms with Crippen molar-refractivity contribution in [2.45, 2.75) is 70.1 Å². The number of aromatic amines is 1. The maximum absolute atomic E-state index is 15.4. The van der Waals surface area contributed by atoms with Gasteiger partial charge in [-0.25, -0.2) is 9.18 Å². The highest BCUT2D eigenvalue weighted by molar-refractivity contribution is 5.69. The maximum atomic E-state index is 15.4. The Bertz CT molecular complexity index is 728. The number of H-pyrrole nitrogens is 1. The van der Waals surface area contributed by atoms with E-state index in [1.807, 2.05) is 11.9 Å². The van der Waals surface area contributed by atoms with E-state index in [4.69, 9.17) is 9.47 Å². The first kappa shape index (κ1) is 20.3. The molecule has 1 saturated heterocycles. The number of nitrogens with zero attached hydrogens (tertiary/aromatic N) is 1. The molecule has 2 heterocycles. The zero-order valence-corrected chi connectivity index (χ0v) is 14.9. The summed E-state index contributed by atoms with van der Waals surface area (Å²) in [5.41, 5.74) is -3.75. The Morgan fingerprint density at radius 2 is 2.15 bits per heavy atom. The van der Waals surface area contributed by atoms with Crippen LogP contribution in [0.15, 0.2) is 21.9 Å². The van der Waals surface area contributed by atoms with Gasteiger partial charge in [0.1, 0.15) is 6.10 Å². The highest BCUT2D eigenvalue weighted by Gasteiger charge is 2.57. The van der Waals surface area contributed by atoms with Gasteiger partial charge >= 0.3 is 11.7 Å². The van der Waals surface area contributed by atoms with Crippen LogP contribution in [-0.2, 0) is 14.3 Å². The predicted octanol–water partition coefficient (Wildman–Crippen LogP) is 1.04. The molecule has 2 N–H and O–H groups in total. The largest absolute Gasteiger partial charge is 0.456 e. The second-order valence-corrected chi connectivity index (χ2v) is 6.60. The zero-order chi connectivity index (χ0) is 19.3. The molecule has 146 valence electrons. The molecule has 0 saturated carbocycles. The first-order chi connectivity index (χ1) is 12.3. The fraction of sp³-hybridized carbons (Fsp3) is 0.706. The second kappa shape index (κ2) is 8.59. The lowest BCUT2D eigenvalue weighted by atomic mass is 9.98. The van der Waals surface area contributed by atoms with Crippen LogP contribution in [0.2, 0.25) is 0 Å². The molecular weight excluding hydrogens is 347 g/mol. The number of carbonyl (C=O) groups excluding carboxylic acids is 1. The molecule has 0 unspecified atom stereocenters. The molecule has 0 radical (unpaired) electrons. The molecule has 1 aromatic rings. The normalized spacial score (nSPS) is 28.2. The van der Waals surface area contributed by atoms with Crippen LogP contribution >= 0.6 is 0 Å². The van der Waals surface area contributed by atoms with Crippen molar-refractivity contribution in [3.63, 3.8) is 0 Å². The minimum Gasteiger partial charge on any atom is -0.456 e. The quantitative estimate of drug-likeness (QED) is 0.521. The topological polar surface area (TPSA) is 111 Å².